The lowest BCUT2D eigenvalue weighted by Crippen LogP contribution is -1.90. The topological polar surface area (TPSA) is 57.5 Å². The SMILES string of the molecule is O=P(O)(O)Cc1cc(F)cc(F)c1. The van der Waals surface area contributed by atoms with Crippen LogP contribution in [0.5, 0.6) is 0 Å². The summed E-state index contributed by atoms with van der Waals surface area (Å²) >= 11 is 0. The van der Waals surface area contributed by atoms with Crippen LogP contribution in [0.3, 0.4) is 0 Å². The Kier molecular flexibility index (Phi) is 2.81. The molecule has 2 N–H and O–H groups in total. The molecule has 0 fully saturated rings. The Morgan fingerprint density at radius 3 is 2.00 bits per heavy atom. The Bertz CT molecular complexity index is 341. The van der Waals surface area contributed by atoms with Crippen LogP contribution in [0.1, 0.15) is 5.56 Å². The number of hydrogen-bond acceptors (Lipinski definition) is 1. The standard InChI is InChI=1S/C7H7F2O3P/c8-6-1-5(2-7(9)3-6)4-13(10,11)12/h1-3H,4H2,(H2,10,11,12). The molecule has 0 aliphatic heterocycles. The van der Waals surface area contributed by atoms with Gasteiger partial charge in [0.1, 0.15) is 11.6 Å². The second-order valence-corrected chi connectivity index (χ2v) is 4.25. The molecule has 0 unspecified atom stereocenters. The van der Waals surface area contributed by atoms with Gasteiger partial charge in [0, 0.05) is 6.07 Å². The van der Waals surface area contributed by atoms with E-state index in [1.54, 1.807) is 0 Å². The van der Waals surface area contributed by atoms with Gasteiger partial charge < -0.3 is 9.79 Å². The Hall–Kier alpha value is -0.770. The molecule has 0 aromatic heterocycles. The highest BCUT2D eigenvalue weighted by atomic mass is 31.2. The largest absolute Gasteiger partial charge is 0.329 e. The molecular formula is C7H7F2O3P. The monoisotopic (exact) mass is 208 g/mol. The lowest BCUT2D eigenvalue weighted by molar-refractivity contribution is 0.371. The molecule has 1 aromatic carbocycles. The minimum absolute atomic E-state index is 0.0502. The third-order valence-corrected chi connectivity index (χ3v) is 2.09. The molecule has 3 nitrogen and oxygen atoms in total. The summed E-state index contributed by atoms with van der Waals surface area (Å²) in [5, 5.41) is 0. The second kappa shape index (κ2) is 3.54. The average Bonchev–Trinajstić information content (AvgIpc) is 1.78. The van der Waals surface area contributed by atoms with Gasteiger partial charge in [-0.3, -0.25) is 4.57 Å². The molecule has 72 valence electrons. The van der Waals surface area contributed by atoms with Gasteiger partial charge in [-0.05, 0) is 17.7 Å². The first-order valence-electron chi connectivity index (χ1n) is 3.36. The van der Waals surface area contributed by atoms with Gasteiger partial charge in [-0.15, -0.1) is 0 Å². The first kappa shape index (κ1) is 10.3. The van der Waals surface area contributed by atoms with Crippen molar-refractivity contribution in [3.8, 4) is 0 Å². The maximum Gasteiger partial charge on any atom is 0.329 e. The molecule has 0 radical (unpaired) electrons. The third kappa shape index (κ3) is 3.63. The van der Waals surface area contributed by atoms with Crippen LogP contribution < -0.4 is 0 Å². The number of halogens is 2. The summed E-state index contributed by atoms with van der Waals surface area (Å²) in [6, 6.07) is 2.42. The van der Waals surface area contributed by atoms with E-state index in [-0.39, 0.29) is 5.56 Å². The van der Waals surface area contributed by atoms with Crippen molar-refractivity contribution in [3.63, 3.8) is 0 Å². The van der Waals surface area contributed by atoms with E-state index in [1.807, 2.05) is 0 Å². The molecule has 1 aromatic rings. The van der Waals surface area contributed by atoms with Gasteiger partial charge in [-0.25, -0.2) is 8.78 Å². The zero-order chi connectivity index (χ0) is 10.1. The van der Waals surface area contributed by atoms with E-state index in [4.69, 9.17) is 9.79 Å². The van der Waals surface area contributed by atoms with Crippen LogP contribution in [0.2, 0.25) is 0 Å². The molecule has 0 spiro atoms. The van der Waals surface area contributed by atoms with Gasteiger partial charge in [-0.1, -0.05) is 0 Å². The summed E-state index contributed by atoms with van der Waals surface area (Å²) < 4.78 is 35.5. The van der Waals surface area contributed by atoms with Crippen LogP contribution >= 0.6 is 7.60 Å². The van der Waals surface area contributed by atoms with Crippen molar-refractivity contribution in [1.82, 2.24) is 0 Å². The van der Waals surface area contributed by atoms with Gasteiger partial charge in [0.2, 0.25) is 0 Å². The Morgan fingerprint density at radius 1 is 1.15 bits per heavy atom. The zero-order valence-corrected chi connectivity index (χ0v) is 7.34. The average molecular weight is 208 g/mol. The van der Waals surface area contributed by atoms with E-state index in [9.17, 15) is 13.3 Å². The zero-order valence-electron chi connectivity index (χ0n) is 6.44. The lowest BCUT2D eigenvalue weighted by Gasteiger charge is -2.03. The van der Waals surface area contributed by atoms with Crippen molar-refractivity contribution in [2.24, 2.45) is 0 Å². The maximum absolute atomic E-state index is 12.5. The maximum atomic E-state index is 12.5. The highest BCUT2D eigenvalue weighted by Crippen LogP contribution is 2.39. The minimum atomic E-state index is -4.26. The van der Waals surface area contributed by atoms with Crippen LogP contribution in [-0.2, 0) is 10.7 Å². The Morgan fingerprint density at radius 2 is 1.62 bits per heavy atom. The summed E-state index contributed by atoms with van der Waals surface area (Å²) in [6.45, 7) is 0. The number of hydrogen-bond donors (Lipinski definition) is 2. The lowest BCUT2D eigenvalue weighted by atomic mass is 10.2. The van der Waals surface area contributed by atoms with Crippen molar-refractivity contribution in [3.05, 3.63) is 35.4 Å². The summed E-state index contributed by atoms with van der Waals surface area (Å²) in [6.07, 6.45) is -0.651. The summed E-state index contributed by atoms with van der Waals surface area (Å²) in [7, 11) is -4.26. The van der Waals surface area contributed by atoms with Crippen LogP contribution in [0, 0.1) is 11.6 Å². The molecular weight excluding hydrogens is 201 g/mol. The molecule has 0 aliphatic rings. The fourth-order valence-corrected chi connectivity index (χ4v) is 1.60. The molecule has 0 atom stereocenters. The van der Waals surface area contributed by atoms with Gasteiger partial charge in [0.25, 0.3) is 0 Å². The van der Waals surface area contributed by atoms with E-state index in [0.717, 1.165) is 12.1 Å². The van der Waals surface area contributed by atoms with Crippen LogP contribution in [0.4, 0.5) is 8.78 Å². The summed E-state index contributed by atoms with van der Waals surface area (Å²) in [4.78, 5) is 17.0. The van der Waals surface area contributed by atoms with Crippen LogP contribution in [0.15, 0.2) is 18.2 Å². The molecule has 0 saturated heterocycles. The number of benzene rings is 1. The number of rotatable bonds is 2. The summed E-state index contributed by atoms with van der Waals surface area (Å²) in [5.41, 5.74) is -0.0502. The molecule has 0 heterocycles. The molecule has 6 heteroatoms. The smallest absolute Gasteiger partial charge is 0.324 e. The highest BCUT2D eigenvalue weighted by molar-refractivity contribution is 7.50. The van der Waals surface area contributed by atoms with E-state index >= 15 is 0 Å². The minimum Gasteiger partial charge on any atom is -0.324 e. The van der Waals surface area contributed by atoms with Gasteiger partial charge in [0.05, 0.1) is 6.16 Å². The van der Waals surface area contributed by atoms with Gasteiger partial charge >= 0.3 is 7.60 Å². The van der Waals surface area contributed by atoms with Gasteiger partial charge in [-0.2, -0.15) is 0 Å². The first-order valence-corrected chi connectivity index (χ1v) is 5.16. The fourth-order valence-electron chi connectivity index (χ4n) is 0.940. The first-order chi connectivity index (χ1) is 5.87. The molecule has 13 heavy (non-hydrogen) atoms. The van der Waals surface area contributed by atoms with Gasteiger partial charge in [0.15, 0.2) is 0 Å². The van der Waals surface area contributed by atoms with Crippen molar-refractivity contribution in [2.75, 3.05) is 0 Å². The predicted octanol–water partition coefficient (Wildman–Crippen LogP) is 1.64. The molecule has 0 amide bonds. The fraction of sp³-hybridized carbons (Fsp3) is 0.143. The Labute approximate surface area is 73.2 Å². The third-order valence-electron chi connectivity index (χ3n) is 1.31. The summed E-state index contributed by atoms with van der Waals surface area (Å²) in [5.74, 6) is -1.69. The van der Waals surface area contributed by atoms with Crippen molar-refractivity contribution in [2.45, 2.75) is 6.16 Å². The molecule has 1 rings (SSSR count). The van der Waals surface area contributed by atoms with E-state index in [0.29, 0.717) is 6.07 Å². The van der Waals surface area contributed by atoms with Crippen molar-refractivity contribution >= 4 is 7.60 Å². The van der Waals surface area contributed by atoms with Crippen molar-refractivity contribution < 1.29 is 23.1 Å². The molecule has 0 bridgehead atoms. The van der Waals surface area contributed by atoms with E-state index in [1.165, 1.54) is 0 Å². The second-order valence-electron chi connectivity index (χ2n) is 2.60. The van der Waals surface area contributed by atoms with Crippen LogP contribution in [-0.4, -0.2) is 9.79 Å². The molecule has 0 saturated carbocycles. The predicted molar refractivity (Wildman–Crippen MR) is 42.1 cm³/mol. The normalized spacial score (nSPS) is 11.7. The van der Waals surface area contributed by atoms with E-state index < -0.39 is 25.4 Å². The molecule has 0 aliphatic carbocycles. The van der Waals surface area contributed by atoms with Crippen LogP contribution in [0.25, 0.3) is 0 Å². The quantitative estimate of drug-likeness (QED) is 0.726. The highest BCUT2D eigenvalue weighted by Gasteiger charge is 2.14. The van der Waals surface area contributed by atoms with E-state index in [2.05, 4.69) is 0 Å². The van der Waals surface area contributed by atoms with Crippen molar-refractivity contribution in [1.29, 1.82) is 0 Å². The Balaban J connectivity index is 2.96.